The van der Waals surface area contributed by atoms with Crippen LogP contribution >= 0.6 is 0 Å². The summed E-state index contributed by atoms with van der Waals surface area (Å²) in [6, 6.07) is 7.30. The first-order valence-corrected chi connectivity index (χ1v) is 8.70. The standard InChI is InChI=1S/C19H27N3O2/c1-3-7-15(21-19(24)16(20)4-2)10-11-18(23)22-13-12-14-8-5-6-9-17(14)22/h5-6,8-11,15-16H,3-4,7,12-13,20H2,1-2H3,(H,21,24)/b11-10+/t15-,16-/m0/s1. The zero-order chi connectivity index (χ0) is 17.5. The molecule has 0 unspecified atom stereocenters. The van der Waals surface area contributed by atoms with Gasteiger partial charge in [0, 0.05) is 24.4 Å². The largest absolute Gasteiger partial charge is 0.349 e. The Labute approximate surface area is 143 Å². The van der Waals surface area contributed by atoms with Gasteiger partial charge in [0.2, 0.25) is 5.91 Å². The van der Waals surface area contributed by atoms with Gasteiger partial charge >= 0.3 is 0 Å². The maximum atomic E-state index is 12.5. The summed E-state index contributed by atoms with van der Waals surface area (Å²) in [5, 5.41) is 2.91. The number of nitrogens with two attached hydrogens (primary N) is 1. The summed E-state index contributed by atoms with van der Waals surface area (Å²) in [5.74, 6) is -0.213. The third-order valence-electron chi connectivity index (χ3n) is 4.33. The molecule has 0 fully saturated rings. The van der Waals surface area contributed by atoms with Crippen molar-refractivity contribution in [3.05, 3.63) is 42.0 Å². The Morgan fingerprint density at radius 2 is 2.08 bits per heavy atom. The van der Waals surface area contributed by atoms with Crippen molar-refractivity contribution < 1.29 is 9.59 Å². The second kappa shape index (κ2) is 8.64. The summed E-state index contributed by atoms with van der Waals surface area (Å²) in [6.07, 6.45) is 6.53. The van der Waals surface area contributed by atoms with E-state index in [1.165, 1.54) is 5.56 Å². The molecule has 0 radical (unpaired) electrons. The molecule has 1 aliphatic rings. The smallest absolute Gasteiger partial charge is 0.250 e. The van der Waals surface area contributed by atoms with Gasteiger partial charge in [-0.1, -0.05) is 44.5 Å². The van der Waals surface area contributed by atoms with Gasteiger partial charge in [-0.05, 0) is 30.9 Å². The maximum absolute atomic E-state index is 12.5. The highest BCUT2D eigenvalue weighted by atomic mass is 16.2. The third-order valence-corrected chi connectivity index (χ3v) is 4.33. The van der Waals surface area contributed by atoms with Crippen LogP contribution in [0.15, 0.2) is 36.4 Å². The van der Waals surface area contributed by atoms with Gasteiger partial charge in [0.15, 0.2) is 0 Å². The molecule has 2 rings (SSSR count). The Hall–Kier alpha value is -2.14. The molecule has 1 heterocycles. The average Bonchev–Trinajstić information content (AvgIpc) is 3.02. The summed E-state index contributed by atoms with van der Waals surface area (Å²) in [5.41, 5.74) is 7.94. The molecule has 0 saturated carbocycles. The summed E-state index contributed by atoms with van der Waals surface area (Å²) in [7, 11) is 0. The summed E-state index contributed by atoms with van der Waals surface area (Å²) < 4.78 is 0. The number of carbonyl (C=O) groups excluding carboxylic acids is 2. The van der Waals surface area contributed by atoms with Crippen LogP contribution in [0.5, 0.6) is 0 Å². The first-order chi connectivity index (χ1) is 11.6. The Balaban J connectivity index is 2.01. The highest BCUT2D eigenvalue weighted by Crippen LogP contribution is 2.27. The number of carbonyl (C=O) groups is 2. The predicted octanol–water partition coefficient (Wildman–Crippen LogP) is 2.15. The molecule has 1 aliphatic heterocycles. The Bertz CT molecular complexity index is 612. The van der Waals surface area contributed by atoms with Gasteiger partial charge < -0.3 is 16.0 Å². The number of fused-ring (bicyclic) bond motifs is 1. The van der Waals surface area contributed by atoms with E-state index in [0.717, 1.165) is 24.9 Å². The van der Waals surface area contributed by atoms with Gasteiger partial charge in [0.1, 0.15) is 0 Å². The number of rotatable bonds is 7. The predicted molar refractivity (Wildman–Crippen MR) is 96.7 cm³/mol. The van der Waals surface area contributed by atoms with E-state index >= 15 is 0 Å². The minimum absolute atomic E-state index is 0.0462. The molecule has 5 heteroatoms. The van der Waals surface area contributed by atoms with E-state index in [1.807, 2.05) is 32.0 Å². The van der Waals surface area contributed by atoms with Crippen LogP contribution in [-0.2, 0) is 16.0 Å². The SMILES string of the molecule is CCC[C@@H](/C=C/C(=O)N1CCc2ccccc21)NC(=O)[C@@H](N)CC. The van der Waals surface area contributed by atoms with E-state index in [-0.39, 0.29) is 17.9 Å². The van der Waals surface area contributed by atoms with E-state index in [0.29, 0.717) is 13.0 Å². The summed E-state index contributed by atoms with van der Waals surface area (Å²) >= 11 is 0. The second-order valence-electron chi connectivity index (χ2n) is 6.15. The molecule has 24 heavy (non-hydrogen) atoms. The van der Waals surface area contributed by atoms with Crippen LogP contribution in [0.25, 0.3) is 0 Å². The van der Waals surface area contributed by atoms with Gasteiger partial charge in [0.05, 0.1) is 6.04 Å². The number of anilines is 1. The monoisotopic (exact) mass is 329 g/mol. The van der Waals surface area contributed by atoms with Crippen molar-refractivity contribution in [2.45, 2.75) is 51.6 Å². The first-order valence-electron chi connectivity index (χ1n) is 8.70. The molecule has 0 aromatic heterocycles. The summed E-state index contributed by atoms with van der Waals surface area (Å²) in [6.45, 7) is 4.63. The van der Waals surface area contributed by atoms with Crippen LogP contribution in [0.1, 0.15) is 38.7 Å². The van der Waals surface area contributed by atoms with E-state index in [2.05, 4.69) is 11.4 Å². The van der Waals surface area contributed by atoms with Crippen molar-refractivity contribution in [3.63, 3.8) is 0 Å². The van der Waals surface area contributed by atoms with Gasteiger partial charge in [-0.3, -0.25) is 9.59 Å². The molecule has 0 saturated heterocycles. The Morgan fingerprint density at radius 1 is 1.33 bits per heavy atom. The lowest BCUT2D eigenvalue weighted by Crippen LogP contribution is -2.44. The molecule has 2 atom stereocenters. The van der Waals surface area contributed by atoms with Crippen LogP contribution < -0.4 is 16.0 Å². The zero-order valence-electron chi connectivity index (χ0n) is 14.5. The van der Waals surface area contributed by atoms with Crippen LogP contribution in [0, 0.1) is 0 Å². The number of nitrogens with one attached hydrogen (secondary N) is 1. The van der Waals surface area contributed by atoms with Crippen molar-refractivity contribution in [1.82, 2.24) is 5.32 Å². The number of benzene rings is 1. The normalized spacial score (nSPS) is 16.0. The van der Waals surface area contributed by atoms with Gasteiger partial charge in [0.25, 0.3) is 5.91 Å². The van der Waals surface area contributed by atoms with Crippen LogP contribution in [-0.4, -0.2) is 30.4 Å². The summed E-state index contributed by atoms with van der Waals surface area (Å²) in [4.78, 5) is 26.2. The minimum Gasteiger partial charge on any atom is -0.349 e. The maximum Gasteiger partial charge on any atom is 0.250 e. The molecule has 1 aromatic rings. The molecule has 1 aromatic carbocycles. The minimum atomic E-state index is -0.501. The number of nitrogens with zero attached hydrogens (tertiary/aromatic N) is 1. The fourth-order valence-corrected chi connectivity index (χ4v) is 2.86. The van der Waals surface area contributed by atoms with Crippen LogP contribution in [0.2, 0.25) is 0 Å². The van der Waals surface area contributed by atoms with E-state index in [1.54, 1.807) is 17.1 Å². The molecule has 130 valence electrons. The highest BCUT2D eigenvalue weighted by Gasteiger charge is 2.22. The molecule has 3 N–H and O–H groups in total. The molecular formula is C19H27N3O2. The van der Waals surface area contributed by atoms with E-state index in [4.69, 9.17) is 5.73 Å². The molecule has 0 aliphatic carbocycles. The fourth-order valence-electron chi connectivity index (χ4n) is 2.86. The quantitative estimate of drug-likeness (QED) is 0.753. The lowest BCUT2D eigenvalue weighted by Gasteiger charge is -2.18. The number of hydrogen-bond acceptors (Lipinski definition) is 3. The molecule has 0 bridgehead atoms. The molecular weight excluding hydrogens is 302 g/mol. The molecule has 0 spiro atoms. The van der Waals surface area contributed by atoms with Gasteiger partial charge in [-0.15, -0.1) is 0 Å². The second-order valence-corrected chi connectivity index (χ2v) is 6.15. The van der Waals surface area contributed by atoms with E-state index < -0.39 is 6.04 Å². The molecule has 2 amide bonds. The van der Waals surface area contributed by atoms with Gasteiger partial charge in [-0.25, -0.2) is 0 Å². The topological polar surface area (TPSA) is 75.4 Å². The van der Waals surface area contributed by atoms with Crippen molar-refractivity contribution in [1.29, 1.82) is 0 Å². The highest BCUT2D eigenvalue weighted by molar-refractivity contribution is 6.03. The lowest BCUT2D eigenvalue weighted by molar-refractivity contribution is -0.123. The van der Waals surface area contributed by atoms with Crippen LogP contribution in [0.3, 0.4) is 0 Å². The van der Waals surface area contributed by atoms with E-state index in [9.17, 15) is 9.59 Å². The van der Waals surface area contributed by atoms with Crippen molar-refractivity contribution in [2.75, 3.05) is 11.4 Å². The first kappa shape index (κ1) is 18.2. The lowest BCUT2D eigenvalue weighted by atomic mass is 10.1. The average molecular weight is 329 g/mol. The Kier molecular flexibility index (Phi) is 6.55. The van der Waals surface area contributed by atoms with Crippen molar-refractivity contribution in [3.8, 4) is 0 Å². The fraction of sp³-hybridized carbons (Fsp3) is 0.474. The van der Waals surface area contributed by atoms with Crippen molar-refractivity contribution >= 4 is 17.5 Å². The van der Waals surface area contributed by atoms with Crippen LogP contribution in [0.4, 0.5) is 5.69 Å². The third kappa shape index (κ3) is 4.45. The Morgan fingerprint density at radius 3 is 2.79 bits per heavy atom. The molecule has 5 nitrogen and oxygen atoms in total. The van der Waals surface area contributed by atoms with Gasteiger partial charge in [-0.2, -0.15) is 0 Å². The number of amides is 2. The number of hydrogen-bond donors (Lipinski definition) is 2. The zero-order valence-corrected chi connectivity index (χ0v) is 14.5. The number of para-hydroxylation sites is 1. The van der Waals surface area contributed by atoms with Crippen molar-refractivity contribution in [2.24, 2.45) is 5.73 Å².